The number of hydrogen-bond donors (Lipinski definition) is 2. The van der Waals surface area contributed by atoms with E-state index in [1.807, 2.05) is 6.92 Å². The van der Waals surface area contributed by atoms with Crippen LogP contribution in [0.25, 0.3) is 11.5 Å². The molecular formula is C17H22N4O3. The Bertz CT molecular complexity index is 802. The number of nitrogens with zero attached hydrogens (tertiary/aromatic N) is 2. The molecule has 0 spiro atoms. The molecule has 0 aliphatic heterocycles. The van der Waals surface area contributed by atoms with Gasteiger partial charge in [0, 0.05) is 6.04 Å². The number of furan rings is 1. The van der Waals surface area contributed by atoms with E-state index in [2.05, 4.69) is 10.4 Å². The fourth-order valence-corrected chi connectivity index (χ4v) is 2.99. The van der Waals surface area contributed by atoms with E-state index in [-0.39, 0.29) is 17.6 Å². The lowest BCUT2D eigenvalue weighted by molar-refractivity contribution is -0.124. The van der Waals surface area contributed by atoms with E-state index >= 15 is 0 Å². The van der Waals surface area contributed by atoms with Crippen LogP contribution >= 0.6 is 0 Å². The van der Waals surface area contributed by atoms with Gasteiger partial charge in [-0.25, -0.2) is 4.68 Å². The van der Waals surface area contributed by atoms with Gasteiger partial charge in [0.15, 0.2) is 5.76 Å². The number of amides is 1. The predicted octanol–water partition coefficient (Wildman–Crippen LogP) is 2.01. The lowest BCUT2D eigenvalue weighted by atomic mass is 10.2. The zero-order valence-electron chi connectivity index (χ0n) is 13.9. The molecule has 7 heteroatoms. The molecule has 1 aliphatic rings. The standard InChI is InChI=1S/C17H22N4O3/c1-10-7-8-15(24-10)14-9-13(18)17(23)21(20-14)11(2)16(22)19-12-5-3-4-6-12/h7-9,11-12H,3-6,18H2,1-2H3,(H,19,22)/t11-/m0/s1. The Kier molecular flexibility index (Phi) is 4.42. The first-order valence-electron chi connectivity index (χ1n) is 8.22. The van der Waals surface area contributed by atoms with Crippen LogP contribution in [0, 0.1) is 6.92 Å². The number of anilines is 1. The minimum atomic E-state index is -0.739. The van der Waals surface area contributed by atoms with Crippen molar-refractivity contribution in [2.75, 3.05) is 5.73 Å². The number of nitrogens with one attached hydrogen (secondary N) is 1. The van der Waals surface area contributed by atoms with Crippen LogP contribution in [0.5, 0.6) is 0 Å². The molecule has 7 nitrogen and oxygen atoms in total. The lowest BCUT2D eigenvalue weighted by Gasteiger charge is -2.18. The minimum Gasteiger partial charge on any atom is -0.460 e. The van der Waals surface area contributed by atoms with E-state index in [1.165, 1.54) is 6.07 Å². The Balaban J connectivity index is 1.89. The molecule has 0 bridgehead atoms. The third-order valence-electron chi connectivity index (χ3n) is 4.40. The zero-order valence-corrected chi connectivity index (χ0v) is 13.9. The Morgan fingerprint density at radius 2 is 2.12 bits per heavy atom. The maximum absolute atomic E-state index is 12.4. The molecule has 3 rings (SSSR count). The summed E-state index contributed by atoms with van der Waals surface area (Å²) < 4.78 is 6.67. The van der Waals surface area contributed by atoms with Gasteiger partial charge in [-0.2, -0.15) is 5.10 Å². The summed E-state index contributed by atoms with van der Waals surface area (Å²) in [6, 6.07) is 4.48. The van der Waals surface area contributed by atoms with Gasteiger partial charge in [-0.3, -0.25) is 9.59 Å². The predicted molar refractivity (Wildman–Crippen MR) is 90.5 cm³/mol. The first-order valence-corrected chi connectivity index (χ1v) is 8.22. The highest BCUT2D eigenvalue weighted by Gasteiger charge is 2.24. The summed E-state index contributed by atoms with van der Waals surface area (Å²) >= 11 is 0. The van der Waals surface area contributed by atoms with Crippen molar-refractivity contribution >= 4 is 11.6 Å². The van der Waals surface area contributed by atoms with Crippen LogP contribution in [-0.4, -0.2) is 21.7 Å². The molecule has 0 saturated heterocycles. The molecular weight excluding hydrogens is 308 g/mol. The molecule has 24 heavy (non-hydrogen) atoms. The fourth-order valence-electron chi connectivity index (χ4n) is 2.99. The minimum absolute atomic E-state index is 0.0366. The topological polar surface area (TPSA) is 103 Å². The van der Waals surface area contributed by atoms with E-state index in [9.17, 15) is 9.59 Å². The van der Waals surface area contributed by atoms with Crippen LogP contribution in [-0.2, 0) is 4.79 Å². The summed E-state index contributed by atoms with van der Waals surface area (Å²) in [7, 11) is 0. The van der Waals surface area contributed by atoms with Gasteiger partial charge in [-0.05, 0) is 44.9 Å². The van der Waals surface area contributed by atoms with Gasteiger partial charge in [0.1, 0.15) is 23.2 Å². The maximum atomic E-state index is 12.4. The van der Waals surface area contributed by atoms with Crippen molar-refractivity contribution in [1.82, 2.24) is 15.1 Å². The van der Waals surface area contributed by atoms with E-state index < -0.39 is 11.6 Å². The Morgan fingerprint density at radius 1 is 1.42 bits per heavy atom. The van der Waals surface area contributed by atoms with E-state index in [0.29, 0.717) is 11.5 Å². The SMILES string of the molecule is Cc1ccc(-c2cc(N)c(=O)n([C@@H](C)C(=O)NC3CCCC3)n2)o1. The highest BCUT2D eigenvalue weighted by molar-refractivity contribution is 5.80. The average molecular weight is 330 g/mol. The first kappa shape index (κ1) is 16.3. The smallest absolute Gasteiger partial charge is 0.290 e. The summed E-state index contributed by atoms with van der Waals surface area (Å²) in [5.74, 6) is 1.02. The van der Waals surface area contributed by atoms with Crippen molar-refractivity contribution in [2.45, 2.75) is 51.6 Å². The molecule has 0 radical (unpaired) electrons. The second-order valence-corrected chi connectivity index (χ2v) is 6.31. The van der Waals surface area contributed by atoms with Crippen molar-refractivity contribution < 1.29 is 9.21 Å². The van der Waals surface area contributed by atoms with Gasteiger partial charge in [0.05, 0.1) is 0 Å². The van der Waals surface area contributed by atoms with E-state index in [0.717, 1.165) is 36.1 Å². The van der Waals surface area contributed by atoms with Crippen molar-refractivity contribution in [2.24, 2.45) is 0 Å². The number of hydrogen-bond acceptors (Lipinski definition) is 5. The molecule has 0 unspecified atom stereocenters. The summed E-state index contributed by atoms with van der Waals surface area (Å²) in [4.78, 5) is 24.7. The van der Waals surface area contributed by atoms with Gasteiger partial charge in [0.25, 0.3) is 5.56 Å². The Labute approximate surface area is 139 Å². The number of nitrogens with two attached hydrogens (primary N) is 1. The molecule has 1 fully saturated rings. The zero-order chi connectivity index (χ0) is 17.3. The normalized spacial score (nSPS) is 16.2. The van der Waals surface area contributed by atoms with Crippen molar-refractivity contribution in [3.05, 3.63) is 34.3 Å². The van der Waals surface area contributed by atoms with Gasteiger partial charge in [0.2, 0.25) is 5.91 Å². The fraction of sp³-hybridized carbons (Fsp3) is 0.471. The number of carbonyl (C=O) groups excluding carboxylic acids is 1. The molecule has 2 aromatic heterocycles. The number of carbonyl (C=O) groups is 1. The molecule has 0 aromatic carbocycles. The number of aryl methyl sites for hydroxylation is 1. The van der Waals surface area contributed by atoms with Crippen LogP contribution in [0.3, 0.4) is 0 Å². The lowest BCUT2D eigenvalue weighted by Crippen LogP contribution is -2.41. The molecule has 2 aromatic rings. The van der Waals surface area contributed by atoms with Crippen LogP contribution in [0.15, 0.2) is 27.4 Å². The molecule has 1 amide bonds. The highest BCUT2D eigenvalue weighted by atomic mass is 16.3. The monoisotopic (exact) mass is 330 g/mol. The molecule has 128 valence electrons. The number of aromatic nitrogens is 2. The van der Waals surface area contributed by atoms with Crippen LogP contribution in [0.2, 0.25) is 0 Å². The summed E-state index contributed by atoms with van der Waals surface area (Å²) in [5, 5.41) is 7.27. The van der Waals surface area contributed by atoms with Gasteiger partial charge in [-0.15, -0.1) is 0 Å². The second kappa shape index (κ2) is 6.51. The second-order valence-electron chi connectivity index (χ2n) is 6.31. The van der Waals surface area contributed by atoms with Crippen LogP contribution in [0.1, 0.15) is 44.4 Å². The largest absolute Gasteiger partial charge is 0.460 e. The van der Waals surface area contributed by atoms with Gasteiger partial charge in [-0.1, -0.05) is 12.8 Å². The summed E-state index contributed by atoms with van der Waals surface area (Å²) in [6.45, 7) is 3.47. The molecule has 2 heterocycles. The van der Waals surface area contributed by atoms with Crippen LogP contribution < -0.4 is 16.6 Å². The maximum Gasteiger partial charge on any atom is 0.290 e. The first-order chi connectivity index (χ1) is 11.5. The van der Waals surface area contributed by atoms with E-state index in [4.69, 9.17) is 10.2 Å². The number of rotatable bonds is 4. The summed E-state index contributed by atoms with van der Waals surface area (Å²) in [6.07, 6.45) is 4.21. The highest BCUT2D eigenvalue weighted by Crippen LogP contribution is 2.21. The van der Waals surface area contributed by atoms with Gasteiger partial charge < -0.3 is 15.5 Å². The van der Waals surface area contributed by atoms with Crippen molar-refractivity contribution in [3.8, 4) is 11.5 Å². The van der Waals surface area contributed by atoms with Crippen molar-refractivity contribution in [3.63, 3.8) is 0 Å². The van der Waals surface area contributed by atoms with E-state index in [1.54, 1.807) is 19.1 Å². The average Bonchev–Trinajstić information content (AvgIpc) is 3.20. The molecule has 1 atom stereocenters. The molecule has 1 aliphatic carbocycles. The Morgan fingerprint density at radius 3 is 2.75 bits per heavy atom. The molecule has 1 saturated carbocycles. The molecule has 3 N–H and O–H groups in total. The number of nitrogen functional groups attached to an aromatic ring is 1. The van der Waals surface area contributed by atoms with Gasteiger partial charge >= 0.3 is 0 Å². The Hall–Kier alpha value is -2.57. The third-order valence-corrected chi connectivity index (χ3v) is 4.40. The third kappa shape index (κ3) is 3.20. The summed E-state index contributed by atoms with van der Waals surface area (Å²) in [5.41, 5.74) is 5.81. The quantitative estimate of drug-likeness (QED) is 0.892. The van der Waals surface area contributed by atoms with Crippen LogP contribution in [0.4, 0.5) is 5.69 Å². The van der Waals surface area contributed by atoms with Crippen molar-refractivity contribution in [1.29, 1.82) is 0 Å².